The zero-order valence-corrected chi connectivity index (χ0v) is 17.4. The van der Waals surface area contributed by atoms with Gasteiger partial charge in [-0.25, -0.2) is 8.42 Å². The van der Waals surface area contributed by atoms with Gasteiger partial charge in [0, 0.05) is 23.9 Å². The van der Waals surface area contributed by atoms with Gasteiger partial charge in [0.15, 0.2) is 0 Å². The largest absolute Gasteiger partial charge is 0.494 e. The molecule has 0 aliphatic heterocycles. The Morgan fingerprint density at radius 1 is 1.31 bits per heavy atom. The summed E-state index contributed by atoms with van der Waals surface area (Å²) in [5.41, 5.74) is 2.25. The van der Waals surface area contributed by atoms with Crippen LogP contribution in [0.15, 0.2) is 23.0 Å². The predicted molar refractivity (Wildman–Crippen MR) is 110 cm³/mol. The molecule has 29 heavy (non-hydrogen) atoms. The zero-order valence-electron chi connectivity index (χ0n) is 16.5. The molecule has 0 saturated heterocycles. The summed E-state index contributed by atoms with van der Waals surface area (Å²) < 4.78 is 30.3. The number of carbonyl (C=O) groups is 1. The van der Waals surface area contributed by atoms with E-state index in [1.165, 1.54) is 19.2 Å². The van der Waals surface area contributed by atoms with Gasteiger partial charge in [-0.05, 0) is 43.5 Å². The molecule has 2 aromatic rings. The topological polar surface area (TPSA) is 141 Å². The molecule has 0 fully saturated rings. The van der Waals surface area contributed by atoms with Crippen LogP contribution in [0.25, 0.3) is 0 Å². The molecule has 0 atom stereocenters. The van der Waals surface area contributed by atoms with Crippen molar-refractivity contribution in [2.45, 2.75) is 26.7 Å². The summed E-state index contributed by atoms with van der Waals surface area (Å²) in [6.45, 7) is 3.41. The fraction of sp³-hybridized carbons (Fsp3) is 0.316. The summed E-state index contributed by atoms with van der Waals surface area (Å²) in [6, 6.07) is 6.44. The summed E-state index contributed by atoms with van der Waals surface area (Å²) in [5.74, 6) is -0.0152. The van der Waals surface area contributed by atoms with Crippen LogP contribution in [0.2, 0.25) is 0 Å². The number of aryl methyl sites for hydroxylation is 1. The molecular formula is C19H22N4O5S. The Labute approximate surface area is 168 Å². The lowest BCUT2D eigenvalue weighted by Gasteiger charge is -2.13. The molecule has 1 heterocycles. The van der Waals surface area contributed by atoms with Crippen LogP contribution < -0.4 is 20.3 Å². The Balaban J connectivity index is 2.13. The molecule has 154 valence electrons. The second-order valence-corrected chi connectivity index (χ2v) is 8.26. The number of nitrogens with one attached hydrogen (secondary N) is 3. The molecule has 0 radical (unpaired) electrons. The van der Waals surface area contributed by atoms with Crippen LogP contribution in [-0.4, -0.2) is 32.7 Å². The first-order chi connectivity index (χ1) is 13.6. The molecular weight excluding hydrogens is 396 g/mol. The van der Waals surface area contributed by atoms with E-state index in [1.54, 1.807) is 19.9 Å². The van der Waals surface area contributed by atoms with Crippen LogP contribution >= 0.6 is 0 Å². The Bertz CT molecular complexity index is 1150. The molecule has 3 N–H and O–H groups in total. The van der Waals surface area contributed by atoms with Crippen molar-refractivity contribution in [3.63, 3.8) is 0 Å². The normalized spacial score (nSPS) is 10.9. The number of nitriles is 1. The fourth-order valence-corrected chi connectivity index (χ4v) is 3.50. The highest BCUT2D eigenvalue weighted by Crippen LogP contribution is 2.28. The van der Waals surface area contributed by atoms with Crippen LogP contribution in [-0.2, 0) is 21.2 Å². The highest BCUT2D eigenvalue weighted by molar-refractivity contribution is 7.92. The van der Waals surface area contributed by atoms with Crippen LogP contribution in [0, 0.1) is 25.2 Å². The minimum absolute atomic E-state index is 0.0460. The van der Waals surface area contributed by atoms with Crippen molar-refractivity contribution in [1.29, 1.82) is 5.26 Å². The van der Waals surface area contributed by atoms with Gasteiger partial charge in [-0.2, -0.15) is 5.26 Å². The summed E-state index contributed by atoms with van der Waals surface area (Å²) in [6.07, 6.45) is 1.50. The molecule has 2 rings (SSSR count). The number of amides is 1. The van der Waals surface area contributed by atoms with Crippen LogP contribution in [0.5, 0.6) is 5.75 Å². The molecule has 1 aromatic heterocycles. The Morgan fingerprint density at radius 2 is 2.00 bits per heavy atom. The molecule has 0 aliphatic rings. The van der Waals surface area contributed by atoms with Crippen LogP contribution in [0.4, 0.5) is 11.4 Å². The van der Waals surface area contributed by atoms with E-state index in [2.05, 4.69) is 15.0 Å². The van der Waals surface area contributed by atoms with E-state index < -0.39 is 15.6 Å². The Hall–Kier alpha value is -3.32. The first kappa shape index (κ1) is 22.0. The molecule has 0 saturated carbocycles. The van der Waals surface area contributed by atoms with Gasteiger partial charge in [-0.1, -0.05) is 0 Å². The van der Waals surface area contributed by atoms with Gasteiger partial charge in [0.2, 0.25) is 15.9 Å². The maximum absolute atomic E-state index is 12.3. The number of H-pyrrole nitrogens is 1. The van der Waals surface area contributed by atoms with Crippen molar-refractivity contribution in [3.8, 4) is 11.8 Å². The quantitative estimate of drug-likeness (QED) is 0.626. The van der Waals surface area contributed by atoms with Crippen molar-refractivity contribution in [1.82, 2.24) is 4.98 Å². The lowest BCUT2D eigenvalue weighted by atomic mass is 9.99. The van der Waals surface area contributed by atoms with Crippen molar-refractivity contribution in [2.24, 2.45) is 0 Å². The molecule has 1 amide bonds. The van der Waals surface area contributed by atoms with Crippen molar-refractivity contribution >= 4 is 27.3 Å². The van der Waals surface area contributed by atoms with Gasteiger partial charge in [0.1, 0.15) is 17.4 Å². The summed E-state index contributed by atoms with van der Waals surface area (Å²) in [7, 11) is -2.08. The zero-order chi connectivity index (χ0) is 21.8. The van der Waals surface area contributed by atoms with Crippen LogP contribution in [0.1, 0.15) is 28.8 Å². The second-order valence-electron chi connectivity index (χ2n) is 6.51. The number of rotatable bonds is 7. The Morgan fingerprint density at radius 3 is 2.59 bits per heavy atom. The minimum atomic E-state index is -3.47. The lowest BCUT2D eigenvalue weighted by Crippen LogP contribution is -2.18. The Kier molecular flexibility index (Phi) is 6.66. The number of carbonyl (C=O) groups excluding carboxylic acids is 1. The first-order valence-electron chi connectivity index (χ1n) is 8.64. The third-order valence-corrected chi connectivity index (χ3v) is 4.89. The number of benzene rings is 1. The summed E-state index contributed by atoms with van der Waals surface area (Å²) >= 11 is 0. The minimum Gasteiger partial charge on any atom is -0.494 e. The third kappa shape index (κ3) is 5.58. The highest BCUT2D eigenvalue weighted by atomic mass is 32.2. The number of ether oxygens (including phenoxy) is 1. The highest BCUT2D eigenvalue weighted by Gasteiger charge is 2.14. The summed E-state index contributed by atoms with van der Waals surface area (Å²) in [5, 5.41) is 11.8. The van der Waals surface area contributed by atoms with E-state index in [1.807, 2.05) is 6.07 Å². The van der Waals surface area contributed by atoms with Crippen molar-refractivity contribution < 1.29 is 17.9 Å². The van der Waals surface area contributed by atoms with Crippen LogP contribution in [0.3, 0.4) is 0 Å². The third-order valence-electron chi connectivity index (χ3n) is 4.30. The number of aromatic amines is 1. The average molecular weight is 418 g/mol. The van der Waals surface area contributed by atoms with E-state index in [-0.39, 0.29) is 29.3 Å². The maximum Gasteiger partial charge on any atom is 0.266 e. The fourth-order valence-electron chi connectivity index (χ4n) is 2.94. The molecule has 0 unspecified atom stereocenters. The number of anilines is 2. The average Bonchev–Trinajstić information content (AvgIpc) is 2.61. The standard InChI is InChI=1S/C19H22N4O5S/c1-11-14(12(2)21-19(25)15(11)10-20)6-8-18(24)22-13-5-7-16(17(9-13)28-3)23-29(4,26)27/h5,7,9,23H,6,8H2,1-4H3,(H,21,25)(H,22,24). The summed E-state index contributed by atoms with van der Waals surface area (Å²) in [4.78, 5) is 26.8. The number of hydrogen-bond acceptors (Lipinski definition) is 6. The lowest BCUT2D eigenvalue weighted by molar-refractivity contribution is -0.116. The number of aromatic nitrogens is 1. The van der Waals surface area contributed by atoms with Gasteiger partial charge >= 0.3 is 0 Å². The number of methoxy groups -OCH3 is 1. The smallest absolute Gasteiger partial charge is 0.266 e. The van der Waals surface area contributed by atoms with E-state index in [0.29, 0.717) is 23.4 Å². The van der Waals surface area contributed by atoms with Gasteiger partial charge in [0.05, 0.1) is 19.1 Å². The van der Waals surface area contributed by atoms with Gasteiger partial charge in [-0.3, -0.25) is 14.3 Å². The van der Waals surface area contributed by atoms with E-state index in [4.69, 9.17) is 10.00 Å². The SMILES string of the molecule is COc1cc(NC(=O)CCc2c(C)[nH]c(=O)c(C#N)c2C)ccc1NS(C)(=O)=O. The first-order valence-corrected chi connectivity index (χ1v) is 10.5. The van der Waals surface area contributed by atoms with E-state index in [9.17, 15) is 18.0 Å². The molecule has 0 aliphatic carbocycles. The number of pyridine rings is 1. The number of hydrogen-bond donors (Lipinski definition) is 3. The molecule has 10 heteroatoms. The van der Waals surface area contributed by atoms with Crippen molar-refractivity contribution in [3.05, 3.63) is 50.9 Å². The number of nitrogens with zero attached hydrogens (tertiary/aromatic N) is 1. The van der Waals surface area contributed by atoms with Gasteiger partial charge in [-0.15, -0.1) is 0 Å². The van der Waals surface area contributed by atoms with Crippen molar-refractivity contribution in [2.75, 3.05) is 23.4 Å². The molecule has 1 aromatic carbocycles. The van der Waals surface area contributed by atoms with E-state index >= 15 is 0 Å². The monoisotopic (exact) mass is 418 g/mol. The molecule has 0 spiro atoms. The predicted octanol–water partition coefficient (Wildman–Crippen LogP) is 1.81. The van der Waals surface area contributed by atoms with E-state index in [0.717, 1.165) is 11.8 Å². The number of sulfonamides is 1. The molecule has 0 bridgehead atoms. The van der Waals surface area contributed by atoms with Gasteiger partial charge in [0.25, 0.3) is 5.56 Å². The van der Waals surface area contributed by atoms with Gasteiger partial charge < -0.3 is 15.0 Å². The second kappa shape index (κ2) is 8.79. The maximum atomic E-state index is 12.3. The molecule has 9 nitrogen and oxygen atoms in total.